The van der Waals surface area contributed by atoms with Crippen molar-refractivity contribution in [3.8, 4) is 0 Å². The van der Waals surface area contributed by atoms with E-state index in [1.807, 2.05) is 41.5 Å². The first-order valence-electron chi connectivity index (χ1n) is 11.5. The van der Waals surface area contributed by atoms with Crippen LogP contribution in [0.4, 0.5) is 0 Å². The minimum absolute atomic E-state index is 0.0178. The van der Waals surface area contributed by atoms with E-state index in [1.165, 1.54) is 6.92 Å². The smallest absolute Gasteiger partial charge is 0.331 e. The van der Waals surface area contributed by atoms with E-state index in [4.69, 9.17) is 0 Å². The van der Waals surface area contributed by atoms with Crippen molar-refractivity contribution in [1.82, 2.24) is 15.5 Å². The molecule has 0 bridgehead atoms. The Morgan fingerprint density at radius 3 is 1.87 bits per heavy atom. The Kier molecular flexibility index (Phi) is 12.1. The molecule has 0 aliphatic heterocycles. The Hall–Kier alpha value is -1.89. The fraction of sp³-hybridized carbons (Fsp3) is 0.792. The summed E-state index contributed by atoms with van der Waals surface area (Å²) in [5.41, 5.74) is -0.546. The van der Waals surface area contributed by atoms with Crippen molar-refractivity contribution < 1.29 is 19.5 Å². The van der Waals surface area contributed by atoms with Gasteiger partial charge < -0.3 is 20.6 Å². The molecule has 3 atom stereocenters. The minimum Gasteiger partial charge on any atom is -0.478 e. The molecule has 2 amide bonds. The molecule has 0 saturated heterocycles. The van der Waals surface area contributed by atoms with Crippen molar-refractivity contribution in [2.45, 2.75) is 105 Å². The maximum Gasteiger partial charge on any atom is 0.331 e. The van der Waals surface area contributed by atoms with Crippen LogP contribution in [0.25, 0.3) is 0 Å². The van der Waals surface area contributed by atoms with Gasteiger partial charge in [0.2, 0.25) is 11.8 Å². The van der Waals surface area contributed by atoms with E-state index in [9.17, 15) is 19.5 Å². The van der Waals surface area contributed by atoms with Gasteiger partial charge in [-0.05, 0) is 44.9 Å². The highest BCUT2D eigenvalue weighted by Gasteiger charge is 2.39. The van der Waals surface area contributed by atoms with Gasteiger partial charge in [-0.25, -0.2) is 4.79 Å². The molecule has 0 aromatic rings. The van der Waals surface area contributed by atoms with Gasteiger partial charge in [0.25, 0.3) is 0 Å². The van der Waals surface area contributed by atoms with Gasteiger partial charge in [-0.1, -0.05) is 54.5 Å². The molecule has 0 aromatic heterocycles. The molecule has 7 nitrogen and oxygen atoms in total. The van der Waals surface area contributed by atoms with Crippen LogP contribution in [0.2, 0.25) is 0 Å². The molecule has 1 unspecified atom stereocenters. The molecule has 0 radical (unpaired) electrons. The van der Waals surface area contributed by atoms with Gasteiger partial charge in [-0.15, -0.1) is 0 Å². The number of carboxylic acid groups (broad SMARTS) is 1. The van der Waals surface area contributed by atoms with Crippen molar-refractivity contribution in [3.05, 3.63) is 11.6 Å². The maximum atomic E-state index is 13.4. The van der Waals surface area contributed by atoms with Crippen LogP contribution in [0.1, 0.15) is 81.6 Å². The van der Waals surface area contributed by atoms with E-state index in [0.29, 0.717) is 12.8 Å². The molecule has 180 valence electrons. The van der Waals surface area contributed by atoms with Crippen molar-refractivity contribution in [1.29, 1.82) is 0 Å². The topological polar surface area (TPSA) is 98.7 Å². The van der Waals surface area contributed by atoms with Gasteiger partial charge in [0.15, 0.2) is 0 Å². The lowest BCUT2D eigenvalue weighted by molar-refractivity contribution is -0.140. The first-order valence-corrected chi connectivity index (χ1v) is 11.5. The van der Waals surface area contributed by atoms with Gasteiger partial charge in [-0.3, -0.25) is 9.59 Å². The summed E-state index contributed by atoms with van der Waals surface area (Å²) in [7, 11) is 1.67. The Morgan fingerprint density at radius 2 is 1.52 bits per heavy atom. The van der Waals surface area contributed by atoms with E-state index in [0.717, 1.165) is 6.42 Å². The molecule has 7 heteroatoms. The zero-order chi connectivity index (χ0) is 24.5. The Bertz CT molecular complexity index is 639. The maximum absolute atomic E-state index is 13.4. The standard InChI is InChI=1S/C24H45N3O4/c1-11-18(9)26-24(12-2,13-3)23(31)25-20(16(6)7)21(28)27(10)19(15(4)5)14-17(8)22(29)30/h14-16,18-20,26H,11-13H2,1-10H3,(H,25,31)(H,29,30)/t18?,19-,20+/m1/s1. The van der Waals surface area contributed by atoms with Crippen molar-refractivity contribution >= 4 is 17.8 Å². The van der Waals surface area contributed by atoms with Crippen LogP contribution in [-0.2, 0) is 14.4 Å². The number of carbonyl (C=O) groups is 3. The molecule has 0 aliphatic carbocycles. The van der Waals surface area contributed by atoms with Crippen LogP contribution < -0.4 is 10.6 Å². The molecular formula is C24H45N3O4. The van der Waals surface area contributed by atoms with Crippen molar-refractivity contribution in [2.75, 3.05) is 7.05 Å². The fourth-order valence-corrected chi connectivity index (χ4v) is 3.65. The first kappa shape index (κ1) is 29.1. The first-order chi connectivity index (χ1) is 14.3. The number of hydrogen-bond acceptors (Lipinski definition) is 4. The lowest BCUT2D eigenvalue weighted by Crippen LogP contribution is -2.63. The predicted molar refractivity (Wildman–Crippen MR) is 126 cm³/mol. The second kappa shape index (κ2) is 12.8. The number of rotatable bonds is 13. The molecule has 0 heterocycles. The number of hydrogen-bond donors (Lipinski definition) is 3. The fourth-order valence-electron chi connectivity index (χ4n) is 3.65. The molecule has 3 N–H and O–H groups in total. The van der Waals surface area contributed by atoms with Gasteiger partial charge in [0.05, 0.1) is 11.6 Å². The number of amides is 2. The van der Waals surface area contributed by atoms with Crippen LogP contribution in [-0.4, -0.2) is 58.5 Å². The van der Waals surface area contributed by atoms with Gasteiger partial charge in [-0.2, -0.15) is 0 Å². The quantitative estimate of drug-likeness (QED) is 0.381. The largest absolute Gasteiger partial charge is 0.478 e. The summed E-state index contributed by atoms with van der Waals surface area (Å²) in [6, 6.07) is -0.911. The lowest BCUT2D eigenvalue weighted by Gasteiger charge is -2.38. The molecule has 31 heavy (non-hydrogen) atoms. The van der Waals surface area contributed by atoms with E-state index >= 15 is 0 Å². The minimum atomic E-state index is -1.01. The zero-order valence-corrected chi connectivity index (χ0v) is 21.2. The SMILES string of the molecule is CCC(C)NC(CC)(CC)C(=O)N[C@H](C(=O)N(C)[C@H](C=C(C)C(=O)O)C(C)C)C(C)C. The lowest BCUT2D eigenvalue weighted by atomic mass is 9.89. The third-order valence-electron chi connectivity index (χ3n) is 6.23. The van der Waals surface area contributed by atoms with Crippen LogP contribution in [0.5, 0.6) is 0 Å². The monoisotopic (exact) mass is 439 g/mol. The summed E-state index contributed by atoms with van der Waals surface area (Å²) in [6.07, 6.45) is 3.74. The summed E-state index contributed by atoms with van der Waals surface area (Å²) in [5.74, 6) is -1.50. The van der Waals surface area contributed by atoms with Crippen molar-refractivity contribution in [3.63, 3.8) is 0 Å². The average molecular weight is 440 g/mol. The normalized spacial score (nSPS) is 15.5. The summed E-state index contributed by atoms with van der Waals surface area (Å²) >= 11 is 0. The molecule has 0 fully saturated rings. The molecule has 0 spiro atoms. The summed E-state index contributed by atoms with van der Waals surface area (Å²) < 4.78 is 0. The van der Waals surface area contributed by atoms with E-state index in [2.05, 4.69) is 24.5 Å². The van der Waals surface area contributed by atoms with Gasteiger partial charge in [0, 0.05) is 18.7 Å². The highest BCUT2D eigenvalue weighted by molar-refractivity contribution is 5.92. The van der Waals surface area contributed by atoms with Gasteiger partial charge in [0.1, 0.15) is 6.04 Å². The number of nitrogens with one attached hydrogen (secondary N) is 2. The van der Waals surface area contributed by atoms with E-state index in [1.54, 1.807) is 18.0 Å². The number of carbonyl (C=O) groups excluding carboxylic acids is 2. The highest BCUT2D eigenvalue weighted by atomic mass is 16.4. The number of nitrogens with zero attached hydrogens (tertiary/aromatic N) is 1. The average Bonchev–Trinajstić information content (AvgIpc) is 2.71. The Balaban J connectivity index is 5.85. The molecule has 0 saturated carbocycles. The summed E-state index contributed by atoms with van der Waals surface area (Å²) in [4.78, 5) is 39.6. The summed E-state index contributed by atoms with van der Waals surface area (Å²) in [6.45, 7) is 17.3. The Labute approximate surface area is 189 Å². The number of likely N-dealkylation sites (N-methyl/N-ethyl adjacent to an activating group) is 1. The van der Waals surface area contributed by atoms with Crippen LogP contribution in [0.3, 0.4) is 0 Å². The predicted octanol–water partition coefficient (Wildman–Crippen LogP) is 3.59. The highest BCUT2D eigenvalue weighted by Crippen LogP contribution is 2.20. The number of carboxylic acids is 1. The summed E-state index contributed by atoms with van der Waals surface area (Å²) in [5, 5.41) is 15.7. The molecule has 0 aromatic carbocycles. The Morgan fingerprint density at radius 1 is 1.00 bits per heavy atom. The van der Waals surface area contributed by atoms with Gasteiger partial charge >= 0.3 is 5.97 Å². The number of aliphatic carboxylic acids is 1. The molecule has 0 aliphatic rings. The van der Waals surface area contributed by atoms with E-state index in [-0.39, 0.29) is 41.3 Å². The van der Waals surface area contributed by atoms with Crippen LogP contribution in [0, 0.1) is 11.8 Å². The third-order valence-corrected chi connectivity index (χ3v) is 6.23. The molecular weight excluding hydrogens is 394 g/mol. The zero-order valence-electron chi connectivity index (χ0n) is 21.2. The van der Waals surface area contributed by atoms with Crippen LogP contribution >= 0.6 is 0 Å². The van der Waals surface area contributed by atoms with E-state index < -0.39 is 17.6 Å². The second-order valence-electron chi connectivity index (χ2n) is 9.28. The van der Waals surface area contributed by atoms with Crippen molar-refractivity contribution in [2.24, 2.45) is 11.8 Å². The second-order valence-corrected chi connectivity index (χ2v) is 9.28. The van der Waals surface area contributed by atoms with Crippen LogP contribution in [0.15, 0.2) is 11.6 Å². The molecule has 0 rings (SSSR count). The third kappa shape index (κ3) is 7.95.